The van der Waals surface area contributed by atoms with Gasteiger partial charge in [0.1, 0.15) is 12.2 Å². The van der Waals surface area contributed by atoms with Gasteiger partial charge in [-0.1, -0.05) is 41.4 Å². The number of nitro benzene ring substituents is 1. The molecule has 0 aromatic heterocycles. The van der Waals surface area contributed by atoms with E-state index in [2.05, 4.69) is 5.32 Å². The summed E-state index contributed by atoms with van der Waals surface area (Å²) < 4.78 is 11.5. The van der Waals surface area contributed by atoms with Crippen LogP contribution in [-0.2, 0) is 16.2 Å². The largest absolute Gasteiger partial charge is 0.490 e. The molecule has 1 saturated heterocycles. The van der Waals surface area contributed by atoms with Crippen molar-refractivity contribution in [3.63, 3.8) is 0 Å². The number of hydrogen-bond acceptors (Lipinski definition) is 7. The van der Waals surface area contributed by atoms with E-state index in [1.54, 1.807) is 44.2 Å². The molecular formula is C27H21Cl2N3O7. The molecule has 1 aliphatic heterocycles. The average Bonchev–Trinajstić information content (AvgIpc) is 2.88. The van der Waals surface area contributed by atoms with Crippen molar-refractivity contribution in [1.82, 2.24) is 5.32 Å². The van der Waals surface area contributed by atoms with Crippen LogP contribution < -0.4 is 19.7 Å². The normalized spacial score (nSPS) is 14.4. The summed E-state index contributed by atoms with van der Waals surface area (Å²) in [6.45, 7) is 3.62. The number of nitrogens with one attached hydrogen (secondary N) is 1. The highest BCUT2D eigenvalue weighted by Gasteiger charge is 2.37. The van der Waals surface area contributed by atoms with Crippen LogP contribution in [0.5, 0.6) is 11.5 Å². The lowest BCUT2D eigenvalue weighted by Crippen LogP contribution is -2.54. The van der Waals surface area contributed by atoms with Crippen LogP contribution in [-0.4, -0.2) is 29.4 Å². The molecule has 39 heavy (non-hydrogen) atoms. The van der Waals surface area contributed by atoms with Gasteiger partial charge in [-0.2, -0.15) is 0 Å². The van der Waals surface area contributed by atoms with Crippen molar-refractivity contribution in [3.05, 3.63) is 97.0 Å². The zero-order chi connectivity index (χ0) is 28.3. The monoisotopic (exact) mass is 569 g/mol. The molecule has 12 heteroatoms. The van der Waals surface area contributed by atoms with Gasteiger partial charge in [0.2, 0.25) is 0 Å². The van der Waals surface area contributed by atoms with Gasteiger partial charge in [-0.05, 0) is 60.9 Å². The quantitative estimate of drug-likeness (QED) is 0.156. The molecule has 3 aromatic rings. The van der Waals surface area contributed by atoms with Gasteiger partial charge in [0, 0.05) is 17.2 Å². The number of anilines is 1. The number of carbonyl (C=O) groups excluding carboxylic acids is 3. The lowest BCUT2D eigenvalue weighted by molar-refractivity contribution is -0.384. The third-order valence-electron chi connectivity index (χ3n) is 5.73. The highest BCUT2D eigenvalue weighted by atomic mass is 35.5. The van der Waals surface area contributed by atoms with E-state index in [0.29, 0.717) is 21.7 Å². The van der Waals surface area contributed by atoms with Gasteiger partial charge in [0.15, 0.2) is 11.5 Å². The number of halogens is 2. The molecule has 0 radical (unpaired) electrons. The van der Waals surface area contributed by atoms with Crippen LogP contribution in [0.3, 0.4) is 0 Å². The minimum atomic E-state index is -0.898. The molecule has 4 rings (SSSR count). The van der Waals surface area contributed by atoms with Crippen LogP contribution in [0.2, 0.25) is 10.0 Å². The Balaban J connectivity index is 1.67. The zero-order valence-corrected chi connectivity index (χ0v) is 22.2. The van der Waals surface area contributed by atoms with Crippen LogP contribution >= 0.6 is 23.2 Å². The Hall–Kier alpha value is -4.41. The Morgan fingerprint density at radius 1 is 1.03 bits per heavy atom. The summed E-state index contributed by atoms with van der Waals surface area (Å²) in [5, 5.41) is 13.7. The summed E-state index contributed by atoms with van der Waals surface area (Å²) in [4.78, 5) is 49.9. The molecule has 0 unspecified atom stereocenters. The number of non-ortho nitro benzene ring substituents is 1. The summed E-state index contributed by atoms with van der Waals surface area (Å²) in [7, 11) is 0. The summed E-state index contributed by atoms with van der Waals surface area (Å²) in [5.74, 6) is -1.31. The molecule has 200 valence electrons. The minimum Gasteiger partial charge on any atom is -0.490 e. The molecule has 0 atom stereocenters. The van der Waals surface area contributed by atoms with E-state index < -0.39 is 22.8 Å². The number of ether oxygens (including phenoxy) is 2. The van der Waals surface area contributed by atoms with Crippen LogP contribution in [0.1, 0.15) is 23.6 Å². The summed E-state index contributed by atoms with van der Waals surface area (Å²) in [6, 6.07) is 12.8. The molecule has 0 bridgehead atoms. The van der Waals surface area contributed by atoms with Crippen molar-refractivity contribution < 1.29 is 28.8 Å². The lowest BCUT2D eigenvalue weighted by Gasteiger charge is -2.27. The fourth-order valence-electron chi connectivity index (χ4n) is 3.87. The molecule has 1 aliphatic rings. The molecule has 10 nitrogen and oxygen atoms in total. The van der Waals surface area contributed by atoms with Crippen LogP contribution in [0, 0.1) is 17.0 Å². The smallest absolute Gasteiger partial charge is 0.335 e. The van der Waals surface area contributed by atoms with Gasteiger partial charge in [-0.15, -0.1) is 0 Å². The first-order valence-electron chi connectivity index (χ1n) is 11.6. The molecular weight excluding hydrogens is 549 g/mol. The van der Waals surface area contributed by atoms with Gasteiger partial charge in [-0.3, -0.25) is 25.0 Å². The average molecular weight is 570 g/mol. The van der Waals surface area contributed by atoms with E-state index in [4.69, 9.17) is 32.7 Å². The van der Waals surface area contributed by atoms with Crippen molar-refractivity contribution in [2.24, 2.45) is 0 Å². The maximum atomic E-state index is 13.3. The molecule has 1 N–H and O–H groups in total. The molecule has 0 saturated carbocycles. The van der Waals surface area contributed by atoms with Crippen molar-refractivity contribution in [1.29, 1.82) is 0 Å². The number of carbonyl (C=O) groups is 3. The standard InChI is InChI=1S/C27H21Cl2N3O7/c1-3-38-23-13-17(12-21(29)24(23)39-14-16-6-4-7-18(10-16)32(36)37)11-19-25(33)30-27(35)31(26(19)34)22-9-5-8-20(28)15(22)2/h4-13H,3,14H2,1-2H3,(H,30,33,35)/b19-11+. The summed E-state index contributed by atoms with van der Waals surface area (Å²) in [5.41, 5.74) is 1.22. The van der Waals surface area contributed by atoms with E-state index >= 15 is 0 Å². The number of hydrogen-bond donors (Lipinski definition) is 1. The number of barbiturate groups is 1. The third kappa shape index (κ3) is 5.87. The van der Waals surface area contributed by atoms with Crippen LogP contribution in [0.4, 0.5) is 16.2 Å². The fourth-order valence-corrected chi connectivity index (χ4v) is 4.31. The Labute approximate surface area is 232 Å². The van der Waals surface area contributed by atoms with E-state index in [0.717, 1.165) is 4.90 Å². The Morgan fingerprint density at radius 2 is 1.77 bits per heavy atom. The second kappa shape index (κ2) is 11.5. The van der Waals surface area contributed by atoms with Gasteiger partial charge in [0.05, 0.1) is 22.2 Å². The maximum Gasteiger partial charge on any atom is 0.335 e. The number of urea groups is 1. The number of benzene rings is 3. The highest BCUT2D eigenvalue weighted by molar-refractivity contribution is 6.40. The van der Waals surface area contributed by atoms with Crippen molar-refractivity contribution in [3.8, 4) is 11.5 Å². The number of nitro groups is 1. The number of imide groups is 2. The molecule has 1 heterocycles. The van der Waals surface area contributed by atoms with Gasteiger partial charge < -0.3 is 9.47 Å². The fraction of sp³-hybridized carbons (Fsp3) is 0.148. The minimum absolute atomic E-state index is 0.0289. The van der Waals surface area contributed by atoms with Gasteiger partial charge >= 0.3 is 6.03 Å². The number of nitrogens with zero attached hydrogens (tertiary/aromatic N) is 2. The van der Waals surface area contributed by atoms with Crippen molar-refractivity contribution >= 4 is 58.5 Å². The Bertz CT molecular complexity index is 1540. The number of rotatable bonds is 8. The van der Waals surface area contributed by atoms with Gasteiger partial charge in [0.25, 0.3) is 17.5 Å². The van der Waals surface area contributed by atoms with Gasteiger partial charge in [-0.25, -0.2) is 9.69 Å². The predicted molar refractivity (Wildman–Crippen MR) is 145 cm³/mol. The van der Waals surface area contributed by atoms with Crippen molar-refractivity contribution in [2.75, 3.05) is 11.5 Å². The van der Waals surface area contributed by atoms with Crippen LogP contribution in [0.25, 0.3) is 6.08 Å². The van der Waals surface area contributed by atoms with E-state index in [-0.39, 0.29) is 46.7 Å². The van der Waals surface area contributed by atoms with E-state index in [1.807, 2.05) is 0 Å². The highest BCUT2D eigenvalue weighted by Crippen LogP contribution is 2.38. The maximum absolute atomic E-state index is 13.3. The topological polar surface area (TPSA) is 128 Å². The Kier molecular flexibility index (Phi) is 8.18. The molecule has 0 aliphatic carbocycles. The second-order valence-electron chi connectivity index (χ2n) is 8.32. The predicted octanol–water partition coefficient (Wildman–Crippen LogP) is 5.85. The number of amides is 4. The molecule has 1 fully saturated rings. The first kappa shape index (κ1) is 27.6. The van der Waals surface area contributed by atoms with E-state index in [1.165, 1.54) is 30.3 Å². The first-order valence-corrected chi connectivity index (χ1v) is 12.3. The molecule has 0 spiro atoms. The van der Waals surface area contributed by atoms with E-state index in [9.17, 15) is 24.5 Å². The zero-order valence-electron chi connectivity index (χ0n) is 20.7. The second-order valence-corrected chi connectivity index (χ2v) is 9.13. The SMILES string of the molecule is CCOc1cc(/C=C2\C(=O)NC(=O)N(c3cccc(Cl)c3C)C2=O)cc(Cl)c1OCc1cccc([N+](=O)[O-])c1. The lowest BCUT2D eigenvalue weighted by atomic mass is 10.1. The first-order chi connectivity index (χ1) is 18.6. The summed E-state index contributed by atoms with van der Waals surface area (Å²) >= 11 is 12.7. The molecule has 3 aromatic carbocycles. The molecule has 4 amide bonds. The third-order valence-corrected chi connectivity index (χ3v) is 6.42. The Morgan fingerprint density at radius 3 is 2.49 bits per heavy atom. The van der Waals surface area contributed by atoms with Crippen LogP contribution in [0.15, 0.2) is 60.2 Å². The van der Waals surface area contributed by atoms with Crippen molar-refractivity contribution in [2.45, 2.75) is 20.5 Å². The summed E-state index contributed by atoms with van der Waals surface area (Å²) in [6.07, 6.45) is 1.29.